The molecule has 306 valence electrons. The molecule has 4 atom stereocenters. The van der Waals surface area contributed by atoms with Crippen molar-refractivity contribution in [3.8, 4) is 0 Å². The molecular weight excluding hydrogens is 839 g/mol. The van der Waals surface area contributed by atoms with Crippen LogP contribution < -0.4 is 0 Å². The molecule has 0 amide bonds. The molecule has 0 saturated carbocycles. The Kier molecular flexibility index (Phi) is 12.0. The third-order valence-electron chi connectivity index (χ3n) is 5.01. The van der Waals surface area contributed by atoms with E-state index in [2.05, 4.69) is 0 Å². The van der Waals surface area contributed by atoms with Crippen LogP contribution in [-0.2, 0) is 23.7 Å². The molecule has 4 unspecified atom stereocenters. The number of carboxylic acids is 1. The monoisotopic (exact) mass is 842 g/mol. The lowest BCUT2D eigenvalue weighted by atomic mass is 10.1. The van der Waals surface area contributed by atoms with E-state index in [-0.39, 0.29) is 0 Å². The average molecular weight is 842 g/mol. The zero-order chi connectivity index (χ0) is 42.1. The first-order valence-corrected chi connectivity index (χ1v) is 10.5. The van der Waals surface area contributed by atoms with Crippen molar-refractivity contribution in [2.45, 2.75) is 84.4 Å². The number of ether oxygens (including phenoxy) is 4. The van der Waals surface area contributed by atoms with Gasteiger partial charge in [0, 0.05) is 0 Å². The van der Waals surface area contributed by atoms with Crippen molar-refractivity contribution in [1.29, 1.82) is 0 Å². The van der Waals surface area contributed by atoms with Crippen LogP contribution in [0.2, 0.25) is 0 Å². The standard InChI is InChI=1S/C16H3F29O6/c17-1-3(18,2(46)47)13(38,39)49-5(20,10(29,30)31)15(42,43)51-7(22,12(35,36)37)16(44,45)50-6(21,11(32,33)34)14(40,41)48-4(19,8(23,24)25)9(26,27)28/h1H2,(H,46,47). The lowest BCUT2D eigenvalue weighted by Gasteiger charge is -2.44. The van der Waals surface area contributed by atoms with Crippen LogP contribution >= 0.6 is 0 Å². The summed E-state index contributed by atoms with van der Waals surface area (Å²) in [6, 6.07) is 0. The van der Waals surface area contributed by atoms with Gasteiger partial charge >= 0.3 is 90.4 Å². The van der Waals surface area contributed by atoms with Gasteiger partial charge in [-0.2, -0.15) is 119 Å². The molecule has 0 aromatic rings. The lowest BCUT2D eigenvalue weighted by molar-refractivity contribution is -0.594. The number of carboxylic acid groups (broad SMARTS) is 1. The molecule has 0 fully saturated rings. The molecule has 0 aromatic carbocycles. The van der Waals surface area contributed by atoms with Crippen molar-refractivity contribution in [2.24, 2.45) is 0 Å². The second kappa shape index (κ2) is 12.7. The van der Waals surface area contributed by atoms with Crippen molar-refractivity contribution in [3.63, 3.8) is 0 Å². The SMILES string of the molecule is O=C(O)C(F)(CF)C(F)(F)OC(F)(C(F)(F)F)C(F)(F)OC(F)(C(F)(F)F)C(F)(F)OC(F)(C(F)(F)F)C(F)(F)OC(F)(C(F)(F)F)C(F)(F)F. The highest BCUT2D eigenvalue weighted by Gasteiger charge is 2.90. The second-order valence-corrected chi connectivity index (χ2v) is 8.59. The van der Waals surface area contributed by atoms with Crippen LogP contribution in [0.25, 0.3) is 0 Å². The molecule has 51 heavy (non-hydrogen) atoms. The summed E-state index contributed by atoms with van der Waals surface area (Å²) < 4.78 is 389. The maximum Gasteiger partial charge on any atom is 0.458 e. The van der Waals surface area contributed by atoms with E-state index in [0.29, 0.717) is 0 Å². The van der Waals surface area contributed by atoms with Crippen LogP contribution in [-0.4, -0.2) is 102 Å². The molecule has 6 nitrogen and oxygen atoms in total. The first-order valence-electron chi connectivity index (χ1n) is 10.5. The minimum atomic E-state index is -9.26. The summed E-state index contributed by atoms with van der Waals surface area (Å²) in [4.78, 5) is 10.4. The molecule has 0 spiro atoms. The first kappa shape index (κ1) is 48.3. The maximum atomic E-state index is 14.4. The van der Waals surface area contributed by atoms with Gasteiger partial charge in [-0.05, 0) is 0 Å². The summed E-state index contributed by atoms with van der Waals surface area (Å²) >= 11 is 0. The van der Waals surface area contributed by atoms with E-state index in [9.17, 15) is 132 Å². The van der Waals surface area contributed by atoms with Gasteiger partial charge in [-0.25, -0.2) is 13.6 Å². The number of rotatable bonds is 14. The molecule has 0 aliphatic heterocycles. The third-order valence-corrected chi connectivity index (χ3v) is 5.01. The summed E-state index contributed by atoms with van der Waals surface area (Å²) in [6.45, 7) is -4.04. The molecule has 0 bridgehead atoms. The van der Waals surface area contributed by atoms with E-state index in [1.54, 1.807) is 0 Å². The number of halogens is 29. The zero-order valence-corrected chi connectivity index (χ0v) is 21.7. The van der Waals surface area contributed by atoms with Crippen LogP contribution in [0.15, 0.2) is 0 Å². The van der Waals surface area contributed by atoms with Crippen LogP contribution in [0.1, 0.15) is 0 Å². The fraction of sp³-hybridized carbons (Fsp3) is 0.938. The molecule has 1 N–H and O–H groups in total. The van der Waals surface area contributed by atoms with Gasteiger partial charge in [-0.3, -0.25) is 18.9 Å². The van der Waals surface area contributed by atoms with E-state index in [0.717, 1.165) is 14.2 Å². The number of carbonyl (C=O) groups is 1. The highest BCUT2D eigenvalue weighted by molar-refractivity contribution is 5.78. The number of aliphatic carboxylic acids is 1. The molecule has 0 heterocycles. The van der Waals surface area contributed by atoms with Crippen LogP contribution in [0.4, 0.5) is 127 Å². The summed E-state index contributed by atoms with van der Waals surface area (Å²) in [5.41, 5.74) is -6.61. The van der Waals surface area contributed by atoms with E-state index in [1.165, 1.54) is 4.74 Å². The van der Waals surface area contributed by atoms with Gasteiger partial charge in [-0.1, -0.05) is 0 Å². The van der Waals surface area contributed by atoms with Gasteiger partial charge in [0.05, 0.1) is 0 Å². The molecule has 0 rings (SSSR count). The zero-order valence-electron chi connectivity index (χ0n) is 21.7. The normalized spacial score (nSPS) is 20.3. The van der Waals surface area contributed by atoms with Crippen molar-refractivity contribution in [2.75, 3.05) is 6.67 Å². The molecule has 0 aromatic heterocycles. The quantitative estimate of drug-likeness (QED) is 0.177. The smallest absolute Gasteiger partial charge is 0.458 e. The van der Waals surface area contributed by atoms with E-state index >= 15 is 0 Å². The summed E-state index contributed by atoms with van der Waals surface area (Å²) in [7, 11) is 0. The highest BCUT2D eigenvalue weighted by Crippen LogP contribution is 2.61. The van der Waals surface area contributed by atoms with Gasteiger partial charge in [0.25, 0.3) is 0 Å². The Labute approximate surface area is 254 Å². The van der Waals surface area contributed by atoms with Gasteiger partial charge in [-0.15, -0.1) is 0 Å². The van der Waals surface area contributed by atoms with E-state index in [1.807, 2.05) is 0 Å². The van der Waals surface area contributed by atoms with Crippen LogP contribution in [0, 0.1) is 0 Å². The number of hydrogen-bond donors (Lipinski definition) is 1. The Morgan fingerprint density at radius 1 is 0.353 bits per heavy atom. The van der Waals surface area contributed by atoms with E-state index < -0.39 is 97.0 Å². The van der Waals surface area contributed by atoms with Crippen LogP contribution in [0.5, 0.6) is 0 Å². The fourth-order valence-electron chi connectivity index (χ4n) is 2.37. The largest absolute Gasteiger partial charge is 0.479 e. The lowest BCUT2D eigenvalue weighted by Crippen LogP contribution is -2.72. The van der Waals surface area contributed by atoms with Gasteiger partial charge in [0.2, 0.25) is 0 Å². The molecule has 0 radical (unpaired) electrons. The van der Waals surface area contributed by atoms with Gasteiger partial charge in [0.1, 0.15) is 6.67 Å². The Morgan fingerprint density at radius 2 is 0.529 bits per heavy atom. The van der Waals surface area contributed by atoms with E-state index in [4.69, 9.17) is 5.11 Å². The highest BCUT2D eigenvalue weighted by atomic mass is 19.4. The van der Waals surface area contributed by atoms with Crippen LogP contribution in [0.3, 0.4) is 0 Å². The van der Waals surface area contributed by atoms with Gasteiger partial charge < -0.3 is 5.11 Å². The second-order valence-electron chi connectivity index (χ2n) is 8.59. The summed E-state index contributed by atoms with van der Waals surface area (Å²) in [5.74, 6) is -39.8. The Bertz CT molecular complexity index is 1230. The predicted molar refractivity (Wildman–Crippen MR) is 87.2 cm³/mol. The van der Waals surface area contributed by atoms with Gasteiger partial charge in [0.15, 0.2) is 0 Å². The maximum absolute atomic E-state index is 14.4. The summed E-state index contributed by atoms with van der Waals surface area (Å²) in [5, 5.41) is 8.10. The predicted octanol–water partition coefficient (Wildman–Crippen LogP) is 8.66. The van der Waals surface area contributed by atoms with Crippen molar-refractivity contribution in [3.05, 3.63) is 0 Å². The summed E-state index contributed by atoms with van der Waals surface area (Å²) in [6.07, 6.45) is -77.8. The first-order chi connectivity index (χ1) is 21.6. The number of hydrogen-bond acceptors (Lipinski definition) is 5. The minimum absolute atomic E-state index is 0.831. The Balaban J connectivity index is 7.75. The molecule has 0 aliphatic rings. The average Bonchev–Trinajstić information content (AvgIpc) is 2.83. The minimum Gasteiger partial charge on any atom is -0.479 e. The number of alkyl halides is 29. The van der Waals surface area contributed by atoms with Crippen molar-refractivity contribution in [1.82, 2.24) is 0 Å². The third kappa shape index (κ3) is 7.83. The molecule has 35 heteroatoms. The van der Waals surface area contributed by atoms with Crippen molar-refractivity contribution >= 4 is 5.97 Å². The molecule has 0 aliphatic carbocycles. The van der Waals surface area contributed by atoms with Crippen molar-refractivity contribution < 1.29 is 156 Å². The topological polar surface area (TPSA) is 74.2 Å². The Morgan fingerprint density at radius 3 is 0.686 bits per heavy atom. The molecular formula is C16H3F29O6. The fourth-order valence-corrected chi connectivity index (χ4v) is 2.37. The Hall–Kier alpha value is -2.72. The molecule has 0 saturated heterocycles.